The zero-order chi connectivity index (χ0) is 17.6. The fourth-order valence-corrected chi connectivity index (χ4v) is 3.69. The van der Waals surface area contributed by atoms with Crippen molar-refractivity contribution >= 4 is 9.84 Å². The first-order valence-electron chi connectivity index (χ1n) is 8.17. The van der Waals surface area contributed by atoms with Crippen LogP contribution < -0.4 is 9.47 Å². The number of benzene rings is 2. The van der Waals surface area contributed by atoms with Crippen LogP contribution in [0.25, 0.3) is 0 Å². The number of rotatable bonds is 8. The largest absolute Gasteiger partial charge is 0.497 e. The molecule has 0 aliphatic heterocycles. The van der Waals surface area contributed by atoms with Crippen molar-refractivity contribution in [1.29, 1.82) is 0 Å². The van der Waals surface area contributed by atoms with E-state index in [1.165, 1.54) is 13.2 Å². The molecule has 0 N–H and O–H groups in total. The summed E-state index contributed by atoms with van der Waals surface area (Å²) in [5.74, 6) is 1.12. The van der Waals surface area contributed by atoms with Crippen LogP contribution in [0.3, 0.4) is 0 Å². The highest BCUT2D eigenvalue weighted by molar-refractivity contribution is 7.91. The molecule has 0 aliphatic rings. The van der Waals surface area contributed by atoms with E-state index in [-0.39, 0.29) is 9.79 Å². The molecule has 0 aliphatic carbocycles. The molecule has 0 amide bonds. The van der Waals surface area contributed by atoms with Gasteiger partial charge in [-0.2, -0.15) is 0 Å². The molecule has 4 nitrogen and oxygen atoms in total. The van der Waals surface area contributed by atoms with E-state index < -0.39 is 9.84 Å². The molecule has 24 heavy (non-hydrogen) atoms. The molecule has 2 rings (SSSR count). The third-order valence-electron chi connectivity index (χ3n) is 3.78. The maximum atomic E-state index is 12.9. The number of sulfone groups is 1. The van der Waals surface area contributed by atoms with Crippen LogP contribution in [0.5, 0.6) is 11.5 Å². The summed E-state index contributed by atoms with van der Waals surface area (Å²) in [6, 6.07) is 11.7. The summed E-state index contributed by atoms with van der Waals surface area (Å²) < 4.78 is 36.7. The second kappa shape index (κ2) is 8.20. The molecular formula is C19H24O4S. The van der Waals surface area contributed by atoms with Crippen molar-refractivity contribution in [2.45, 2.75) is 42.9 Å². The van der Waals surface area contributed by atoms with E-state index in [1.54, 1.807) is 30.3 Å². The van der Waals surface area contributed by atoms with Crippen LogP contribution in [-0.4, -0.2) is 22.1 Å². The standard InChI is InChI=1S/C19H24O4S/c1-4-6-10-23-17-11-15(5-2)12-19(14-17)24(20,21)18-9-7-8-16(13-18)22-3/h7-9,11-14H,4-6,10H2,1-3H3. The summed E-state index contributed by atoms with van der Waals surface area (Å²) in [4.78, 5) is 0.469. The van der Waals surface area contributed by atoms with Gasteiger partial charge in [-0.1, -0.05) is 26.3 Å². The van der Waals surface area contributed by atoms with Gasteiger partial charge in [0.05, 0.1) is 23.5 Å². The van der Waals surface area contributed by atoms with Gasteiger partial charge in [0, 0.05) is 0 Å². The molecule has 0 fully saturated rings. The van der Waals surface area contributed by atoms with Gasteiger partial charge < -0.3 is 9.47 Å². The molecule has 0 atom stereocenters. The van der Waals surface area contributed by atoms with Gasteiger partial charge in [-0.25, -0.2) is 8.42 Å². The third-order valence-corrected chi connectivity index (χ3v) is 5.51. The number of ether oxygens (including phenoxy) is 2. The van der Waals surface area contributed by atoms with E-state index in [2.05, 4.69) is 6.92 Å². The maximum Gasteiger partial charge on any atom is 0.206 e. The minimum absolute atomic E-state index is 0.217. The van der Waals surface area contributed by atoms with Gasteiger partial charge in [0.25, 0.3) is 0 Å². The molecule has 0 spiro atoms. The Morgan fingerprint density at radius 2 is 1.71 bits per heavy atom. The molecule has 0 unspecified atom stereocenters. The summed E-state index contributed by atoms with van der Waals surface area (Å²) in [5.41, 5.74) is 0.936. The summed E-state index contributed by atoms with van der Waals surface area (Å²) >= 11 is 0. The van der Waals surface area contributed by atoms with Crippen LogP contribution in [0.1, 0.15) is 32.3 Å². The smallest absolute Gasteiger partial charge is 0.206 e. The molecule has 0 bridgehead atoms. The second-order valence-electron chi connectivity index (χ2n) is 5.55. The van der Waals surface area contributed by atoms with Gasteiger partial charge in [0.1, 0.15) is 11.5 Å². The zero-order valence-electron chi connectivity index (χ0n) is 14.4. The molecule has 5 heteroatoms. The molecule has 2 aromatic rings. The quantitative estimate of drug-likeness (QED) is 0.669. The number of methoxy groups -OCH3 is 1. The Hall–Kier alpha value is -2.01. The Kier molecular flexibility index (Phi) is 6.26. The fourth-order valence-electron chi connectivity index (χ4n) is 2.31. The molecule has 0 saturated carbocycles. The topological polar surface area (TPSA) is 52.6 Å². The molecule has 0 heterocycles. The van der Waals surface area contributed by atoms with Crippen molar-refractivity contribution < 1.29 is 17.9 Å². The highest BCUT2D eigenvalue weighted by Crippen LogP contribution is 2.28. The van der Waals surface area contributed by atoms with Gasteiger partial charge >= 0.3 is 0 Å². The van der Waals surface area contributed by atoms with Crippen molar-refractivity contribution in [1.82, 2.24) is 0 Å². The molecule has 0 radical (unpaired) electrons. The first-order chi connectivity index (χ1) is 11.5. The van der Waals surface area contributed by atoms with Crippen molar-refractivity contribution in [3.63, 3.8) is 0 Å². The van der Waals surface area contributed by atoms with E-state index in [9.17, 15) is 8.42 Å². The van der Waals surface area contributed by atoms with Gasteiger partial charge in [-0.15, -0.1) is 0 Å². The van der Waals surface area contributed by atoms with Crippen LogP contribution in [0.15, 0.2) is 52.3 Å². The lowest BCUT2D eigenvalue weighted by molar-refractivity contribution is 0.308. The van der Waals surface area contributed by atoms with Crippen molar-refractivity contribution in [3.05, 3.63) is 48.0 Å². The van der Waals surface area contributed by atoms with Crippen LogP contribution in [0, 0.1) is 0 Å². The Morgan fingerprint density at radius 1 is 0.958 bits per heavy atom. The minimum atomic E-state index is -3.62. The van der Waals surface area contributed by atoms with Gasteiger partial charge in [0.2, 0.25) is 9.84 Å². The van der Waals surface area contributed by atoms with E-state index >= 15 is 0 Å². The number of aryl methyl sites for hydroxylation is 1. The maximum absolute atomic E-state index is 12.9. The van der Waals surface area contributed by atoms with Crippen molar-refractivity contribution in [2.24, 2.45) is 0 Å². The van der Waals surface area contributed by atoms with Crippen LogP contribution in [0.4, 0.5) is 0 Å². The summed E-state index contributed by atoms with van der Waals surface area (Å²) in [7, 11) is -2.10. The SMILES string of the molecule is CCCCOc1cc(CC)cc(S(=O)(=O)c2cccc(OC)c2)c1. The zero-order valence-corrected chi connectivity index (χ0v) is 15.2. The summed E-state index contributed by atoms with van der Waals surface area (Å²) in [6.07, 6.45) is 2.71. The van der Waals surface area contributed by atoms with E-state index in [4.69, 9.17) is 9.47 Å². The predicted molar refractivity (Wildman–Crippen MR) is 94.7 cm³/mol. The highest BCUT2D eigenvalue weighted by atomic mass is 32.2. The van der Waals surface area contributed by atoms with E-state index in [0.717, 1.165) is 24.8 Å². The fraction of sp³-hybridized carbons (Fsp3) is 0.368. The average molecular weight is 348 g/mol. The Morgan fingerprint density at radius 3 is 2.38 bits per heavy atom. The molecule has 130 valence electrons. The lowest BCUT2D eigenvalue weighted by Gasteiger charge is -2.12. The van der Waals surface area contributed by atoms with Crippen LogP contribution >= 0.6 is 0 Å². The Bertz CT molecular complexity index is 782. The Labute approximate surface area is 144 Å². The monoisotopic (exact) mass is 348 g/mol. The van der Waals surface area contributed by atoms with E-state index in [0.29, 0.717) is 18.1 Å². The lowest BCUT2D eigenvalue weighted by Crippen LogP contribution is -2.05. The predicted octanol–water partition coefficient (Wildman–Crippen LogP) is 4.27. The third kappa shape index (κ3) is 4.29. The average Bonchev–Trinajstić information content (AvgIpc) is 2.61. The number of hydrogen-bond donors (Lipinski definition) is 0. The molecule has 2 aromatic carbocycles. The minimum Gasteiger partial charge on any atom is -0.497 e. The first-order valence-corrected chi connectivity index (χ1v) is 9.65. The molecule has 0 aromatic heterocycles. The first kappa shape index (κ1) is 18.3. The normalized spacial score (nSPS) is 11.3. The van der Waals surface area contributed by atoms with Gasteiger partial charge in [0.15, 0.2) is 0 Å². The number of hydrogen-bond acceptors (Lipinski definition) is 4. The van der Waals surface area contributed by atoms with Crippen LogP contribution in [-0.2, 0) is 16.3 Å². The highest BCUT2D eigenvalue weighted by Gasteiger charge is 2.20. The number of unbranched alkanes of at least 4 members (excludes halogenated alkanes) is 1. The van der Waals surface area contributed by atoms with Crippen molar-refractivity contribution in [3.8, 4) is 11.5 Å². The summed E-state index contributed by atoms with van der Waals surface area (Å²) in [5, 5.41) is 0. The lowest BCUT2D eigenvalue weighted by atomic mass is 10.2. The van der Waals surface area contributed by atoms with Crippen LogP contribution in [0.2, 0.25) is 0 Å². The molecular weight excluding hydrogens is 324 g/mol. The summed E-state index contributed by atoms with van der Waals surface area (Å²) in [6.45, 7) is 4.67. The van der Waals surface area contributed by atoms with Crippen molar-refractivity contribution in [2.75, 3.05) is 13.7 Å². The van der Waals surface area contributed by atoms with Gasteiger partial charge in [-0.3, -0.25) is 0 Å². The van der Waals surface area contributed by atoms with E-state index in [1.807, 2.05) is 13.0 Å². The van der Waals surface area contributed by atoms with Gasteiger partial charge in [-0.05, 0) is 54.8 Å². The molecule has 0 saturated heterocycles. The second-order valence-corrected chi connectivity index (χ2v) is 7.50. The Balaban J connectivity index is 2.42.